The van der Waals surface area contributed by atoms with Crippen molar-refractivity contribution in [1.82, 2.24) is 0 Å². The Hall–Kier alpha value is -3.10. The number of nitrogens with one attached hydrogen (secondary N) is 1. The molecule has 3 rings (SSSR count). The van der Waals surface area contributed by atoms with Gasteiger partial charge in [-0.1, -0.05) is 23.2 Å². The zero-order valence-electron chi connectivity index (χ0n) is 13.4. The van der Waals surface area contributed by atoms with E-state index in [0.717, 1.165) is 6.07 Å². The van der Waals surface area contributed by atoms with Crippen molar-refractivity contribution < 1.29 is 23.7 Å². The first-order valence-electron chi connectivity index (χ1n) is 7.43. The SMILES string of the molecule is O=C(COC(=O)c1cc2cc(Cl)ccc2o1)Nc1ccc(Cl)cc1[N+](=O)[O-]. The molecule has 2 aromatic carbocycles. The summed E-state index contributed by atoms with van der Waals surface area (Å²) in [6.07, 6.45) is 0. The number of fused-ring (bicyclic) bond motifs is 1. The first-order valence-corrected chi connectivity index (χ1v) is 8.19. The van der Waals surface area contributed by atoms with Crippen molar-refractivity contribution in [3.63, 3.8) is 0 Å². The second-order valence-corrected chi connectivity index (χ2v) is 6.21. The van der Waals surface area contributed by atoms with E-state index >= 15 is 0 Å². The molecule has 0 atom stereocenters. The van der Waals surface area contributed by atoms with Crippen LogP contribution in [0.4, 0.5) is 11.4 Å². The quantitative estimate of drug-likeness (QED) is 0.379. The molecule has 0 bridgehead atoms. The number of carbonyl (C=O) groups is 2. The molecular formula is C17H10Cl2N2O6. The van der Waals surface area contributed by atoms with Crippen molar-refractivity contribution in [2.75, 3.05) is 11.9 Å². The standard InChI is InChI=1S/C17H10Cl2N2O6/c18-10-2-4-14-9(5-10)6-15(27-14)17(23)26-8-16(22)20-12-3-1-11(19)7-13(12)21(24)25/h1-7H,8H2,(H,20,22). The summed E-state index contributed by atoms with van der Waals surface area (Å²) in [7, 11) is 0. The monoisotopic (exact) mass is 408 g/mol. The van der Waals surface area contributed by atoms with Crippen molar-refractivity contribution in [3.8, 4) is 0 Å². The van der Waals surface area contributed by atoms with Crippen molar-refractivity contribution in [1.29, 1.82) is 0 Å². The maximum Gasteiger partial charge on any atom is 0.374 e. The smallest absolute Gasteiger partial charge is 0.374 e. The van der Waals surface area contributed by atoms with Crippen LogP contribution in [0.5, 0.6) is 0 Å². The fourth-order valence-corrected chi connectivity index (χ4v) is 2.61. The molecule has 138 valence electrons. The zero-order chi connectivity index (χ0) is 19.6. The van der Waals surface area contributed by atoms with Gasteiger partial charge in [0.2, 0.25) is 5.76 Å². The van der Waals surface area contributed by atoms with Crippen molar-refractivity contribution in [3.05, 3.63) is 68.4 Å². The van der Waals surface area contributed by atoms with Gasteiger partial charge in [0.1, 0.15) is 11.3 Å². The number of nitro groups is 1. The molecule has 10 heteroatoms. The van der Waals surface area contributed by atoms with E-state index in [4.69, 9.17) is 32.4 Å². The van der Waals surface area contributed by atoms with Gasteiger partial charge in [-0.15, -0.1) is 0 Å². The molecule has 0 aliphatic heterocycles. The molecule has 0 fully saturated rings. The summed E-state index contributed by atoms with van der Waals surface area (Å²) in [5.41, 5.74) is -0.00671. The average molecular weight is 409 g/mol. The second kappa shape index (κ2) is 7.65. The number of esters is 1. The molecule has 0 radical (unpaired) electrons. The van der Waals surface area contributed by atoms with Crippen LogP contribution in [0.25, 0.3) is 11.0 Å². The van der Waals surface area contributed by atoms with Crippen LogP contribution in [0.3, 0.4) is 0 Å². The number of halogens is 2. The number of benzene rings is 2. The average Bonchev–Trinajstić information content (AvgIpc) is 3.04. The topological polar surface area (TPSA) is 112 Å². The third-order valence-corrected chi connectivity index (χ3v) is 3.91. The van der Waals surface area contributed by atoms with Crippen LogP contribution in [0, 0.1) is 10.1 Å². The molecule has 1 heterocycles. The molecule has 0 saturated heterocycles. The van der Waals surface area contributed by atoms with Gasteiger partial charge in [-0.05, 0) is 36.4 Å². The minimum Gasteiger partial charge on any atom is -0.450 e. The lowest BCUT2D eigenvalue weighted by molar-refractivity contribution is -0.383. The number of rotatable bonds is 5. The van der Waals surface area contributed by atoms with Gasteiger partial charge in [0.05, 0.1) is 4.92 Å². The Morgan fingerprint density at radius 2 is 1.81 bits per heavy atom. The summed E-state index contributed by atoms with van der Waals surface area (Å²) < 4.78 is 10.2. The van der Waals surface area contributed by atoms with E-state index in [1.807, 2.05) is 0 Å². The van der Waals surface area contributed by atoms with Crippen LogP contribution in [-0.4, -0.2) is 23.4 Å². The Balaban J connectivity index is 1.65. The van der Waals surface area contributed by atoms with Crippen molar-refractivity contribution in [2.24, 2.45) is 0 Å². The van der Waals surface area contributed by atoms with Gasteiger partial charge in [-0.25, -0.2) is 4.79 Å². The summed E-state index contributed by atoms with van der Waals surface area (Å²) in [5, 5.41) is 14.5. The molecule has 0 unspecified atom stereocenters. The van der Waals surface area contributed by atoms with E-state index in [0.29, 0.717) is 16.0 Å². The highest BCUT2D eigenvalue weighted by atomic mass is 35.5. The lowest BCUT2D eigenvalue weighted by Crippen LogP contribution is -2.21. The molecule has 0 spiro atoms. The largest absolute Gasteiger partial charge is 0.450 e. The van der Waals surface area contributed by atoms with E-state index in [9.17, 15) is 19.7 Å². The number of carbonyl (C=O) groups excluding carboxylic acids is 2. The van der Waals surface area contributed by atoms with Gasteiger partial charge in [0.15, 0.2) is 6.61 Å². The maximum absolute atomic E-state index is 12.0. The number of amides is 1. The molecule has 1 N–H and O–H groups in total. The molecule has 0 aliphatic rings. The van der Waals surface area contributed by atoms with Crippen LogP contribution >= 0.6 is 23.2 Å². The molecule has 27 heavy (non-hydrogen) atoms. The van der Waals surface area contributed by atoms with E-state index in [1.165, 1.54) is 18.2 Å². The van der Waals surface area contributed by atoms with Gasteiger partial charge in [0, 0.05) is 21.5 Å². The first-order chi connectivity index (χ1) is 12.8. The number of hydrogen-bond donors (Lipinski definition) is 1. The summed E-state index contributed by atoms with van der Waals surface area (Å²) in [6, 6.07) is 10.0. The fourth-order valence-electron chi connectivity index (χ4n) is 2.26. The summed E-state index contributed by atoms with van der Waals surface area (Å²) in [6.45, 7) is -0.656. The normalized spacial score (nSPS) is 10.6. The Kier molecular flexibility index (Phi) is 5.29. The second-order valence-electron chi connectivity index (χ2n) is 5.34. The third-order valence-electron chi connectivity index (χ3n) is 3.44. The minimum absolute atomic E-state index is 0.0659. The molecular weight excluding hydrogens is 399 g/mol. The Bertz CT molecular complexity index is 1060. The maximum atomic E-state index is 12.0. The van der Waals surface area contributed by atoms with Crippen LogP contribution in [0.2, 0.25) is 10.0 Å². The minimum atomic E-state index is -0.858. The Morgan fingerprint density at radius 3 is 2.56 bits per heavy atom. The van der Waals surface area contributed by atoms with Gasteiger partial charge in [0.25, 0.3) is 11.6 Å². The Morgan fingerprint density at radius 1 is 1.11 bits per heavy atom. The van der Waals surface area contributed by atoms with Crippen LogP contribution in [0.1, 0.15) is 10.6 Å². The number of nitro benzene ring substituents is 1. The van der Waals surface area contributed by atoms with E-state index < -0.39 is 23.4 Å². The number of anilines is 1. The highest BCUT2D eigenvalue weighted by Gasteiger charge is 2.19. The van der Waals surface area contributed by atoms with Crippen LogP contribution < -0.4 is 5.32 Å². The van der Waals surface area contributed by atoms with Crippen molar-refractivity contribution >= 4 is 57.4 Å². The van der Waals surface area contributed by atoms with E-state index in [1.54, 1.807) is 18.2 Å². The van der Waals surface area contributed by atoms with Gasteiger partial charge in [-0.2, -0.15) is 0 Å². The molecule has 0 saturated carbocycles. The summed E-state index contributed by atoms with van der Waals surface area (Å²) in [4.78, 5) is 34.3. The summed E-state index contributed by atoms with van der Waals surface area (Å²) in [5.74, 6) is -1.71. The first kappa shape index (κ1) is 18.7. The predicted octanol–water partition coefficient (Wildman–Crippen LogP) is 4.44. The number of ether oxygens (including phenoxy) is 1. The van der Waals surface area contributed by atoms with Gasteiger partial charge < -0.3 is 14.5 Å². The van der Waals surface area contributed by atoms with Crippen LogP contribution in [-0.2, 0) is 9.53 Å². The van der Waals surface area contributed by atoms with Gasteiger partial charge in [-0.3, -0.25) is 14.9 Å². The summed E-state index contributed by atoms with van der Waals surface area (Å²) >= 11 is 11.6. The lowest BCUT2D eigenvalue weighted by Gasteiger charge is -2.06. The van der Waals surface area contributed by atoms with Crippen LogP contribution in [0.15, 0.2) is 46.9 Å². The number of furan rings is 1. The molecule has 1 aromatic heterocycles. The highest BCUT2D eigenvalue weighted by molar-refractivity contribution is 6.31. The predicted molar refractivity (Wildman–Crippen MR) is 98.2 cm³/mol. The van der Waals surface area contributed by atoms with E-state index in [-0.39, 0.29) is 22.2 Å². The number of nitrogens with zero attached hydrogens (tertiary/aromatic N) is 1. The molecule has 8 nitrogen and oxygen atoms in total. The van der Waals surface area contributed by atoms with E-state index in [2.05, 4.69) is 5.32 Å². The highest BCUT2D eigenvalue weighted by Crippen LogP contribution is 2.28. The molecule has 1 amide bonds. The fraction of sp³-hybridized carbons (Fsp3) is 0.0588. The third kappa shape index (κ3) is 4.36. The number of hydrogen-bond acceptors (Lipinski definition) is 6. The van der Waals surface area contributed by atoms with Gasteiger partial charge >= 0.3 is 5.97 Å². The molecule has 0 aliphatic carbocycles. The molecule has 3 aromatic rings. The Labute approximate surface area is 161 Å². The van der Waals surface area contributed by atoms with Crippen molar-refractivity contribution in [2.45, 2.75) is 0 Å². The zero-order valence-corrected chi connectivity index (χ0v) is 14.9. The lowest BCUT2D eigenvalue weighted by atomic mass is 10.2.